The number of pyridine rings is 1. The number of hydrogen-bond donors (Lipinski definition) is 1. The number of ether oxygens (including phenoxy) is 3. The summed E-state index contributed by atoms with van der Waals surface area (Å²) < 4.78 is 16.0. The molecule has 0 atom stereocenters. The summed E-state index contributed by atoms with van der Waals surface area (Å²) in [5.74, 6) is 1.31. The van der Waals surface area contributed by atoms with Crippen LogP contribution < -0.4 is 14.8 Å². The maximum Gasteiger partial charge on any atom is 0.223 e. The molecule has 0 saturated heterocycles. The monoisotopic (exact) mass is 358 g/mol. The van der Waals surface area contributed by atoms with Crippen molar-refractivity contribution in [2.45, 2.75) is 26.8 Å². The summed E-state index contributed by atoms with van der Waals surface area (Å²) in [7, 11) is 1.62. The molecule has 0 aliphatic heterocycles. The van der Waals surface area contributed by atoms with E-state index in [9.17, 15) is 4.79 Å². The lowest BCUT2D eigenvalue weighted by molar-refractivity contribution is -0.121. The summed E-state index contributed by atoms with van der Waals surface area (Å²) in [4.78, 5) is 16.1. The number of aromatic nitrogens is 1. The number of nitrogens with zero attached hydrogens (tertiary/aromatic N) is 1. The third-order valence-corrected chi connectivity index (χ3v) is 3.97. The predicted molar refractivity (Wildman–Crippen MR) is 99.5 cm³/mol. The number of nitrogens with one attached hydrogen (secondary N) is 1. The average Bonchev–Trinajstić information content (AvgIpc) is 2.65. The van der Waals surface area contributed by atoms with Crippen LogP contribution in [0.1, 0.15) is 23.1 Å². The zero-order chi connectivity index (χ0) is 18.8. The van der Waals surface area contributed by atoms with Crippen LogP contribution >= 0.6 is 0 Å². The first-order chi connectivity index (χ1) is 12.6. The third kappa shape index (κ3) is 6.37. The van der Waals surface area contributed by atoms with Gasteiger partial charge in [0, 0.05) is 25.9 Å². The Balaban J connectivity index is 1.69. The maximum atomic E-state index is 11.9. The summed E-state index contributed by atoms with van der Waals surface area (Å²) in [6, 6.07) is 9.56. The molecule has 0 unspecified atom stereocenters. The highest BCUT2D eigenvalue weighted by Gasteiger charge is 2.05. The van der Waals surface area contributed by atoms with E-state index in [0.29, 0.717) is 38.7 Å². The third-order valence-electron chi connectivity index (χ3n) is 3.97. The van der Waals surface area contributed by atoms with Crippen molar-refractivity contribution < 1.29 is 19.0 Å². The molecule has 140 valence electrons. The van der Waals surface area contributed by atoms with Crippen molar-refractivity contribution in [1.29, 1.82) is 0 Å². The lowest BCUT2D eigenvalue weighted by Crippen LogP contribution is -2.24. The lowest BCUT2D eigenvalue weighted by Gasteiger charge is -2.11. The van der Waals surface area contributed by atoms with Gasteiger partial charge in [0.05, 0.1) is 19.6 Å². The summed E-state index contributed by atoms with van der Waals surface area (Å²) in [5, 5.41) is 2.86. The molecule has 2 rings (SSSR count). The largest absolute Gasteiger partial charge is 0.493 e. The van der Waals surface area contributed by atoms with E-state index >= 15 is 0 Å². The number of aryl methyl sites for hydroxylation is 1. The Morgan fingerprint density at radius 2 is 1.92 bits per heavy atom. The summed E-state index contributed by atoms with van der Waals surface area (Å²) >= 11 is 0. The van der Waals surface area contributed by atoms with Gasteiger partial charge in [-0.3, -0.25) is 4.79 Å². The van der Waals surface area contributed by atoms with Gasteiger partial charge in [-0.1, -0.05) is 18.2 Å². The minimum absolute atomic E-state index is 0.0595. The van der Waals surface area contributed by atoms with Gasteiger partial charge in [-0.2, -0.15) is 0 Å². The molecule has 0 aliphatic rings. The summed E-state index contributed by atoms with van der Waals surface area (Å²) in [6.07, 6.45) is 1.99. The number of hydrogen-bond acceptors (Lipinski definition) is 5. The molecule has 0 aliphatic carbocycles. The number of carbonyl (C=O) groups is 1. The van der Waals surface area contributed by atoms with Crippen molar-refractivity contribution >= 4 is 5.91 Å². The van der Waals surface area contributed by atoms with Gasteiger partial charge in [-0.25, -0.2) is 4.98 Å². The molecule has 1 N–H and O–H groups in total. The van der Waals surface area contributed by atoms with Crippen molar-refractivity contribution in [3.63, 3.8) is 0 Å². The van der Waals surface area contributed by atoms with Crippen LogP contribution in [0.25, 0.3) is 0 Å². The van der Waals surface area contributed by atoms with E-state index in [2.05, 4.69) is 10.3 Å². The molecule has 1 amide bonds. The first-order valence-corrected chi connectivity index (χ1v) is 8.62. The van der Waals surface area contributed by atoms with Crippen LogP contribution in [0, 0.1) is 13.8 Å². The molecule has 0 fully saturated rings. The van der Waals surface area contributed by atoms with Crippen LogP contribution in [0.15, 0.2) is 36.5 Å². The van der Waals surface area contributed by atoms with E-state index in [1.807, 2.05) is 38.1 Å². The van der Waals surface area contributed by atoms with Gasteiger partial charge in [-0.05, 0) is 36.6 Å². The second kappa shape index (κ2) is 10.4. The molecule has 6 heteroatoms. The maximum absolute atomic E-state index is 11.9. The van der Waals surface area contributed by atoms with Crippen molar-refractivity contribution in [3.05, 3.63) is 53.2 Å². The van der Waals surface area contributed by atoms with Crippen molar-refractivity contribution in [2.75, 3.05) is 26.9 Å². The zero-order valence-corrected chi connectivity index (χ0v) is 15.6. The van der Waals surface area contributed by atoms with Crippen LogP contribution in [0.2, 0.25) is 0 Å². The van der Waals surface area contributed by atoms with E-state index in [0.717, 1.165) is 16.9 Å². The Labute approximate surface area is 154 Å². The van der Waals surface area contributed by atoms with E-state index in [1.54, 1.807) is 19.4 Å². The SMILES string of the molecule is COCCOc1ccc(CNC(=O)CCOc2cccc(C)c2C)cn1. The second-order valence-electron chi connectivity index (χ2n) is 5.92. The number of benzene rings is 1. The van der Waals surface area contributed by atoms with Crippen LogP contribution in [0.5, 0.6) is 11.6 Å². The summed E-state index contributed by atoms with van der Waals surface area (Å²) in [5.41, 5.74) is 3.19. The average molecular weight is 358 g/mol. The Bertz CT molecular complexity index is 701. The quantitative estimate of drug-likeness (QED) is 0.662. The Morgan fingerprint density at radius 3 is 2.65 bits per heavy atom. The molecule has 1 aromatic carbocycles. The van der Waals surface area contributed by atoms with Crippen molar-refractivity contribution in [1.82, 2.24) is 10.3 Å². The number of methoxy groups -OCH3 is 1. The molecule has 1 aromatic heterocycles. The fourth-order valence-corrected chi connectivity index (χ4v) is 2.25. The number of amides is 1. The van der Waals surface area contributed by atoms with Crippen LogP contribution in [-0.2, 0) is 16.1 Å². The molecule has 26 heavy (non-hydrogen) atoms. The molecular weight excluding hydrogens is 332 g/mol. The van der Waals surface area contributed by atoms with Gasteiger partial charge >= 0.3 is 0 Å². The van der Waals surface area contributed by atoms with E-state index < -0.39 is 0 Å². The Morgan fingerprint density at radius 1 is 1.08 bits per heavy atom. The highest BCUT2D eigenvalue weighted by molar-refractivity contribution is 5.76. The van der Waals surface area contributed by atoms with Gasteiger partial charge in [0.15, 0.2) is 0 Å². The van der Waals surface area contributed by atoms with Crippen molar-refractivity contribution in [2.24, 2.45) is 0 Å². The minimum Gasteiger partial charge on any atom is -0.493 e. The van der Waals surface area contributed by atoms with Gasteiger partial charge in [-0.15, -0.1) is 0 Å². The Hall–Kier alpha value is -2.60. The number of rotatable bonds is 10. The minimum atomic E-state index is -0.0595. The fraction of sp³-hybridized carbons (Fsp3) is 0.400. The van der Waals surface area contributed by atoms with Crippen LogP contribution in [0.4, 0.5) is 0 Å². The molecule has 2 aromatic rings. The van der Waals surface area contributed by atoms with Crippen LogP contribution in [-0.4, -0.2) is 37.8 Å². The second-order valence-corrected chi connectivity index (χ2v) is 5.92. The molecule has 1 heterocycles. The molecule has 0 spiro atoms. The van der Waals surface area contributed by atoms with E-state index in [1.165, 1.54) is 5.56 Å². The molecule has 0 saturated carbocycles. The fourth-order valence-electron chi connectivity index (χ4n) is 2.25. The van der Waals surface area contributed by atoms with Gasteiger partial charge < -0.3 is 19.5 Å². The van der Waals surface area contributed by atoms with Gasteiger partial charge in [0.2, 0.25) is 11.8 Å². The lowest BCUT2D eigenvalue weighted by atomic mass is 10.1. The molecule has 6 nitrogen and oxygen atoms in total. The zero-order valence-electron chi connectivity index (χ0n) is 15.6. The van der Waals surface area contributed by atoms with E-state index in [4.69, 9.17) is 14.2 Å². The molecule has 0 radical (unpaired) electrons. The number of carbonyl (C=O) groups excluding carboxylic acids is 1. The molecular formula is C20H26N2O4. The first-order valence-electron chi connectivity index (χ1n) is 8.62. The predicted octanol–water partition coefficient (Wildman–Crippen LogP) is 2.81. The highest BCUT2D eigenvalue weighted by atomic mass is 16.5. The standard InChI is InChI=1S/C20H26N2O4/c1-15-5-4-6-18(16(15)2)25-10-9-19(23)21-13-17-7-8-20(22-14-17)26-12-11-24-3/h4-8,14H,9-13H2,1-3H3,(H,21,23). The highest BCUT2D eigenvalue weighted by Crippen LogP contribution is 2.20. The van der Waals surface area contributed by atoms with E-state index in [-0.39, 0.29) is 5.91 Å². The van der Waals surface area contributed by atoms with Gasteiger partial charge in [0.25, 0.3) is 0 Å². The van der Waals surface area contributed by atoms with Crippen molar-refractivity contribution in [3.8, 4) is 11.6 Å². The Kier molecular flexibility index (Phi) is 7.89. The van der Waals surface area contributed by atoms with Crippen LogP contribution in [0.3, 0.4) is 0 Å². The molecule has 0 bridgehead atoms. The first kappa shape index (κ1) is 19.7. The topological polar surface area (TPSA) is 69.7 Å². The smallest absolute Gasteiger partial charge is 0.223 e. The van der Waals surface area contributed by atoms with Gasteiger partial charge in [0.1, 0.15) is 12.4 Å². The normalized spacial score (nSPS) is 10.4. The summed E-state index contributed by atoms with van der Waals surface area (Å²) in [6.45, 7) is 5.80.